The van der Waals surface area contributed by atoms with E-state index < -0.39 is 48.0 Å². The van der Waals surface area contributed by atoms with Gasteiger partial charge in [0.15, 0.2) is 17.7 Å². The summed E-state index contributed by atoms with van der Waals surface area (Å²) in [6, 6.07) is 0. The van der Waals surface area contributed by atoms with E-state index in [9.17, 15) is 14.7 Å². The van der Waals surface area contributed by atoms with Gasteiger partial charge in [0, 0.05) is 13.0 Å². The number of aliphatic hydroxyl groups is 1. The van der Waals surface area contributed by atoms with Gasteiger partial charge in [-0.2, -0.15) is 0 Å². The Balaban J connectivity index is 1.67. The van der Waals surface area contributed by atoms with Crippen LogP contribution in [0.4, 0.5) is 0 Å². The number of hydrogen-bond acceptors (Lipinski definition) is 8. The molecule has 2 N–H and O–H groups in total. The van der Waals surface area contributed by atoms with Crippen molar-refractivity contribution in [2.75, 3.05) is 6.54 Å². The van der Waals surface area contributed by atoms with E-state index in [1.165, 1.54) is 57.8 Å². The van der Waals surface area contributed by atoms with Crippen LogP contribution in [0.1, 0.15) is 144 Å². The molecule has 0 spiro atoms. The van der Waals surface area contributed by atoms with E-state index in [1.807, 2.05) is 34.6 Å². The standard InChI is InChI=1S/C35H61NO8/c1-6-22-28-33(39)36-25-26(37)30-32(44-35(4,5)42-30)31-27(41-34(2,3)43-31)23-20-18-16-14-12-10-8-7-9-11-13-15-17-19-21-24-29(38)40-28/h18,20,26-28,30-32,37H,6-17,19,21-25H2,1-5H3,(H,36,39)/b20-18+/t26-,27+,28+,30-,31+,32+/m1/s1. The van der Waals surface area contributed by atoms with Gasteiger partial charge in [-0.1, -0.05) is 89.7 Å². The van der Waals surface area contributed by atoms with E-state index in [-0.39, 0.29) is 18.6 Å². The zero-order chi connectivity index (χ0) is 32.0. The lowest BCUT2D eigenvalue weighted by atomic mass is 9.97. The molecule has 2 saturated heterocycles. The van der Waals surface area contributed by atoms with E-state index in [2.05, 4.69) is 17.5 Å². The number of aliphatic hydroxyl groups excluding tert-OH is 1. The number of carbonyl (C=O) groups excluding carboxylic acids is 2. The van der Waals surface area contributed by atoms with Crippen LogP contribution in [-0.2, 0) is 33.3 Å². The van der Waals surface area contributed by atoms with Crippen LogP contribution in [0.15, 0.2) is 12.2 Å². The minimum Gasteiger partial charge on any atom is -0.452 e. The molecular formula is C35H61NO8. The molecule has 9 nitrogen and oxygen atoms in total. The van der Waals surface area contributed by atoms with Crippen molar-refractivity contribution in [3.63, 3.8) is 0 Å². The van der Waals surface area contributed by atoms with Crippen molar-refractivity contribution in [1.29, 1.82) is 0 Å². The van der Waals surface area contributed by atoms with Gasteiger partial charge >= 0.3 is 5.97 Å². The number of carbonyl (C=O) groups is 2. The maximum Gasteiger partial charge on any atom is 0.306 e. The summed E-state index contributed by atoms with van der Waals surface area (Å²) < 4.78 is 30.6. The number of hydrogen-bond donors (Lipinski definition) is 2. The van der Waals surface area contributed by atoms with Crippen LogP contribution < -0.4 is 5.32 Å². The Morgan fingerprint density at radius 1 is 0.750 bits per heavy atom. The molecule has 2 fully saturated rings. The van der Waals surface area contributed by atoms with Crippen LogP contribution >= 0.6 is 0 Å². The van der Waals surface area contributed by atoms with Gasteiger partial charge in [-0.3, -0.25) is 9.59 Å². The molecule has 3 heterocycles. The molecule has 0 bridgehead atoms. The first-order valence-corrected chi connectivity index (χ1v) is 17.5. The molecule has 1 amide bonds. The Kier molecular flexibility index (Phi) is 15.6. The molecule has 3 rings (SSSR count). The fraction of sp³-hybridized carbons (Fsp3) is 0.886. The van der Waals surface area contributed by atoms with Gasteiger partial charge in [-0.05, 0) is 59.8 Å². The van der Waals surface area contributed by atoms with Gasteiger partial charge in [-0.25, -0.2) is 0 Å². The molecule has 6 atom stereocenters. The molecule has 3 aliphatic rings. The quantitative estimate of drug-likeness (QED) is 0.260. The number of fused-ring (bicyclic) bond motifs is 3. The summed E-state index contributed by atoms with van der Waals surface area (Å²) in [4.78, 5) is 25.6. The summed E-state index contributed by atoms with van der Waals surface area (Å²) in [7, 11) is 0. The monoisotopic (exact) mass is 623 g/mol. The zero-order valence-electron chi connectivity index (χ0n) is 28.2. The molecule has 3 aliphatic heterocycles. The topological polar surface area (TPSA) is 113 Å². The van der Waals surface area contributed by atoms with Crippen LogP contribution in [0.5, 0.6) is 0 Å². The van der Waals surface area contributed by atoms with Crippen LogP contribution in [0.2, 0.25) is 0 Å². The van der Waals surface area contributed by atoms with Crippen molar-refractivity contribution in [2.24, 2.45) is 0 Å². The average Bonchev–Trinajstić information content (AvgIpc) is 3.46. The van der Waals surface area contributed by atoms with Gasteiger partial charge in [0.05, 0.1) is 6.10 Å². The highest BCUT2D eigenvalue weighted by Gasteiger charge is 2.55. The molecule has 0 radical (unpaired) electrons. The number of nitrogens with one attached hydrogen (secondary N) is 1. The fourth-order valence-corrected chi connectivity index (χ4v) is 6.50. The van der Waals surface area contributed by atoms with E-state index in [1.54, 1.807) is 0 Å². The Labute approximate surface area is 266 Å². The Bertz CT molecular complexity index is 890. The minimum absolute atomic E-state index is 0.0707. The van der Waals surface area contributed by atoms with Crippen LogP contribution in [-0.4, -0.2) is 71.7 Å². The summed E-state index contributed by atoms with van der Waals surface area (Å²) in [5, 5.41) is 14.0. The maximum atomic E-state index is 13.1. The van der Waals surface area contributed by atoms with Crippen LogP contribution in [0.25, 0.3) is 0 Å². The number of amides is 1. The highest BCUT2D eigenvalue weighted by atomic mass is 16.8. The second-order valence-electron chi connectivity index (χ2n) is 13.8. The molecule has 0 aromatic carbocycles. The summed E-state index contributed by atoms with van der Waals surface area (Å²) >= 11 is 0. The number of cyclic esters (lactones) is 1. The highest BCUT2D eigenvalue weighted by Crippen LogP contribution is 2.40. The molecule has 0 aromatic heterocycles. The Morgan fingerprint density at radius 2 is 1.30 bits per heavy atom. The van der Waals surface area contributed by atoms with Gasteiger partial charge in [0.25, 0.3) is 5.91 Å². The molecule has 254 valence electrons. The van der Waals surface area contributed by atoms with Crippen molar-refractivity contribution in [3.8, 4) is 0 Å². The average molecular weight is 624 g/mol. The largest absolute Gasteiger partial charge is 0.452 e. The zero-order valence-corrected chi connectivity index (χ0v) is 28.2. The SMILES string of the molecule is CCC[C@@H]1OC(=O)CCCCCCCCCCCCCC/C=C/C[C@@H]2OC(C)(C)O[C@@H]2[C@H]2OC(C)(C)O[C@@H]2[C@H](O)CNC1=O. The first-order chi connectivity index (χ1) is 21.0. The fourth-order valence-electron chi connectivity index (χ4n) is 6.50. The van der Waals surface area contributed by atoms with Crippen molar-refractivity contribution in [2.45, 2.75) is 192 Å². The first-order valence-electron chi connectivity index (χ1n) is 17.5. The third-order valence-corrected chi connectivity index (χ3v) is 8.73. The summed E-state index contributed by atoms with van der Waals surface area (Å²) in [5.74, 6) is -2.51. The maximum absolute atomic E-state index is 13.1. The lowest BCUT2D eigenvalue weighted by molar-refractivity contribution is -0.175. The van der Waals surface area contributed by atoms with E-state index >= 15 is 0 Å². The molecule has 0 saturated carbocycles. The van der Waals surface area contributed by atoms with E-state index in [4.69, 9.17) is 23.7 Å². The summed E-state index contributed by atoms with van der Waals surface area (Å²) in [6.07, 6.45) is 17.8. The van der Waals surface area contributed by atoms with Gasteiger partial charge in [0.1, 0.15) is 24.4 Å². The minimum atomic E-state index is -1.07. The van der Waals surface area contributed by atoms with Crippen LogP contribution in [0.3, 0.4) is 0 Å². The highest BCUT2D eigenvalue weighted by molar-refractivity contribution is 5.83. The summed E-state index contributed by atoms with van der Waals surface area (Å²) in [5.41, 5.74) is 0. The molecule has 44 heavy (non-hydrogen) atoms. The Hall–Kier alpha value is -1.52. The third kappa shape index (κ3) is 12.7. The number of esters is 1. The van der Waals surface area contributed by atoms with Crippen molar-refractivity contribution in [1.82, 2.24) is 5.32 Å². The predicted molar refractivity (Wildman–Crippen MR) is 170 cm³/mol. The number of allylic oxidation sites excluding steroid dienone is 1. The third-order valence-electron chi connectivity index (χ3n) is 8.73. The predicted octanol–water partition coefficient (Wildman–Crippen LogP) is 6.64. The van der Waals surface area contributed by atoms with Crippen LogP contribution in [0, 0.1) is 0 Å². The summed E-state index contributed by atoms with van der Waals surface area (Å²) in [6.45, 7) is 9.26. The van der Waals surface area contributed by atoms with Crippen molar-refractivity contribution < 1.29 is 38.4 Å². The molecule has 0 unspecified atom stereocenters. The number of β-amino-alcohol motifs (C(OH)–C–C–N with tert-alkyl or cyclic N) is 1. The van der Waals surface area contributed by atoms with Crippen molar-refractivity contribution in [3.05, 3.63) is 12.2 Å². The molecular weight excluding hydrogens is 562 g/mol. The molecule has 0 aromatic rings. The lowest BCUT2D eigenvalue weighted by Crippen LogP contribution is -2.51. The van der Waals surface area contributed by atoms with E-state index in [0.29, 0.717) is 25.7 Å². The first kappa shape index (κ1) is 36.9. The van der Waals surface area contributed by atoms with Gasteiger partial charge in [0.2, 0.25) is 0 Å². The number of rotatable bonds is 2. The van der Waals surface area contributed by atoms with E-state index in [0.717, 1.165) is 25.7 Å². The lowest BCUT2D eigenvalue weighted by Gasteiger charge is -2.28. The van der Waals surface area contributed by atoms with Gasteiger partial charge < -0.3 is 34.1 Å². The molecule has 0 aliphatic carbocycles. The second-order valence-corrected chi connectivity index (χ2v) is 13.8. The van der Waals surface area contributed by atoms with Crippen molar-refractivity contribution >= 4 is 11.9 Å². The Morgan fingerprint density at radius 3 is 1.93 bits per heavy atom. The van der Waals surface area contributed by atoms with Gasteiger partial charge in [-0.15, -0.1) is 0 Å². The molecule has 9 heteroatoms. The smallest absolute Gasteiger partial charge is 0.306 e. The normalized spacial score (nSPS) is 34.9. The second kappa shape index (κ2) is 18.6. The number of ether oxygens (including phenoxy) is 5.